The number of amides is 1. The van der Waals surface area contributed by atoms with Gasteiger partial charge in [0.25, 0.3) is 5.91 Å². The number of hydrogen-bond donors (Lipinski definition) is 1. The van der Waals surface area contributed by atoms with Crippen LogP contribution in [0.5, 0.6) is 0 Å². The minimum atomic E-state index is -0.0488. The third-order valence-corrected chi connectivity index (χ3v) is 3.44. The number of carbonyl (C=O) groups is 1. The molecule has 2 N–H and O–H groups in total. The van der Waals surface area contributed by atoms with E-state index in [2.05, 4.69) is 0 Å². The molecule has 0 spiro atoms. The van der Waals surface area contributed by atoms with E-state index in [0.29, 0.717) is 22.1 Å². The molecule has 1 aromatic rings. The summed E-state index contributed by atoms with van der Waals surface area (Å²) in [5.41, 5.74) is 7.06. The number of nitrogens with zero attached hydrogens (tertiary/aromatic N) is 1. The summed E-state index contributed by atoms with van der Waals surface area (Å²) in [4.78, 5) is 14.3. The monoisotopic (exact) mass is 284 g/mol. The van der Waals surface area contributed by atoms with Crippen LogP contribution < -0.4 is 5.73 Å². The Morgan fingerprint density at radius 1 is 1.56 bits per heavy atom. The molecule has 5 heteroatoms. The molecule has 0 aliphatic heterocycles. The maximum Gasteiger partial charge on any atom is 0.253 e. The van der Waals surface area contributed by atoms with Crippen LogP contribution in [0.15, 0.2) is 18.2 Å². The lowest BCUT2D eigenvalue weighted by atomic mass is 10.1. The second-order valence-corrected chi connectivity index (χ2v) is 5.36. The summed E-state index contributed by atoms with van der Waals surface area (Å²) in [6.45, 7) is 4.28. The molecule has 1 aromatic carbocycles. The number of thiocarbonyl (C=S) groups is 1. The molecule has 18 heavy (non-hydrogen) atoms. The van der Waals surface area contributed by atoms with Crippen molar-refractivity contribution < 1.29 is 4.79 Å². The van der Waals surface area contributed by atoms with Crippen LogP contribution in [-0.2, 0) is 0 Å². The van der Waals surface area contributed by atoms with Gasteiger partial charge in [0.1, 0.15) is 0 Å². The van der Waals surface area contributed by atoms with Gasteiger partial charge in [0.2, 0.25) is 0 Å². The fourth-order valence-electron chi connectivity index (χ4n) is 1.66. The summed E-state index contributed by atoms with van der Waals surface area (Å²) in [5.74, 6) is -0.0474. The zero-order valence-corrected chi connectivity index (χ0v) is 12.3. The maximum atomic E-state index is 12.2. The van der Waals surface area contributed by atoms with Gasteiger partial charge in [0, 0.05) is 30.1 Å². The Kier molecular flexibility index (Phi) is 5.11. The molecule has 98 valence electrons. The highest BCUT2D eigenvalue weighted by atomic mass is 35.5. The highest BCUT2D eigenvalue weighted by molar-refractivity contribution is 7.80. The summed E-state index contributed by atoms with van der Waals surface area (Å²) in [6.07, 6.45) is 0. The molecule has 3 nitrogen and oxygen atoms in total. The SMILES string of the molecule is Cc1cc(Cl)ccc1C(=O)N(C)CC(C)C(N)=S. The van der Waals surface area contributed by atoms with E-state index in [0.717, 1.165) is 5.56 Å². The van der Waals surface area contributed by atoms with Gasteiger partial charge in [-0.3, -0.25) is 4.79 Å². The normalized spacial score (nSPS) is 12.0. The Morgan fingerprint density at radius 2 is 2.17 bits per heavy atom. The van der Waals surface area contributed by atoms with Crippen molar-refractivity contribution in [1.82, 2.24) is 4.90 Å². The molecule has 0 heterocycles. The van der Waals surface area contributed by atoms with Crippen LogP contribution in [0.3, 0.4) is 0 Å². The molecule has 0 fully saturated rings. The molecule has 1 atom stereocenters. The second kappa shape index (κ2) is 6.16. The first-order chi connectivity index (χ1) is 8.32. The van der Waals surface area contributed by atoms with Gasteiger partial charge in [-0.2, -0.15) is 0 Å². The number of aryl methyl sites for hydroxylation is 1. The fraction of sp³-hybridized carbons (Fsp3) is 0.385. The van der Waals surface area contributed by atoms with Crippen molar-refractivity contribution in [3.05, 3.63) is 34.3 Å². The first-order valence-electron chi connectivity index (χ1n) is 5.64. The Hall–Kier alpha value is -1.13. The van der Waals surface area contributed by atoms with E-state index in [1.807, 2.05) is 13.8 Å². The number of carbonyl (C=O) groups excluding carboxylic acids is 1. The lowest BCUT2D eigenvalue weighted by Crippen LogP contribution is -2.35. The van der Waals surface area contributed by atoms with Crippen molar-refractivity contribution in [2.45, 2.75) is 13.8 Å². The van der Waals surface area contributed by atoms with Gasteiger partial charge in [-0.15, -0.1) is 0 Å². The molecule has 0 saturated heterocycles. The van der Waals surface area contributed by atoms with Crippen molar-refractivity contribution in [2.24, 2.45) is 11.7 Å². The average molecular weight is 285 g/mol. The summed E-state index contributed by atoms with van der Waals surface area (Å²) in [6, 6.07) is 5.23. The van der Waals surface area contributed by atoms with Gasteiger partial charge in [0.05, 0.1) is 4.99 Å². The Bertz CT molecular complexity index is 476. The van der Waals surface area contributed by atoms with Gasteiger partial charge >= 0.3 is 0 Å². The molecule has 1 rings (SSSR count). The van der Waals surface area contributed by atoms with E-state index in [4.69, 9.17) is 29.6 Å². The molecular weight excluding hydrogens is 268 g/mol. The Morgan fingerprint density at radius 3 is 2.67 bits per heavy atom. The zero-order chi connectivity index (χ0) is 13.9. The van der Waals surface area contributed by atoms with Gasteiger partial charge in [-0.1, -0.05) is 30.7 Å². The van der Waals surface area contributed by atoms with Crippen molar-refractivity contribution in [2.75, 3.05) is 13.6 Å². The molecule has 0 saturated carbocycles. The molecule has 1 unspecified atom stereocenters. The summed E-state index contributed by atoms with van der Waals surface area (Å²) >= 11 is 10.8. The van der Waals surface area contributed by atoms with E-state index >= 15 is 0 Å². The molecule has 0 aliphatic carbocycles. The van der Waals surface area contributed by atoms with Crippen LogP contribution in [-0.4, -0.2) is 29.4 Å². The van der Waals surface area contributed by atoms with Crippen LogP contribution in [0.1, 0.15) is 22.8 Å². The van der Waals surface area contributed by atoms with Gasteiger partial charge in [-0.25, -0.2) is 0 Å². The van der Waals surface area contributed by atoms with E-state index in [-0.39, 0.29) is 11.8 Å². The summed E-state index contributed by atoms with van der Waals surface area (Å²) < 4.78 is 0. The van der Waals surface area contributed by atoms with E-state index in [1.54, 1.807) is 30.1 Å². The van der Waals surface area contributed by atoms with E-state index in [9.17, 15) is 4.79 Å². The Balaban J connectivity index is 2.83. The average Bonchev–Trinajstić information content (AvgIpc) is 2.27. The lowest BCUT2D eigenvalue weighted by molar-refractivity contribution is 0.0786. The zero-order valence-electron chi connectivity index (χ0n) is 10.7. The van der Waals surface area contributed by atoms with Crippen LogP contribution in [0.2, 0.25) is 5.02 Å². The number of hydrogen-bond acceptors (Lipinski definition) is 2. The number of halogens is 1. The third-order valence-electron chi connectivity index (χ3n) is 2.80. The van der Waals surface area contributed by atoms with Crippen LogP contribution in [0.4, 0.5) is 0 Å². The lowest BCUT2D eigenvalue weighted by Gasteiger charge is -2.21. The number of rotatable bonds is 4. The quantitative estimate of drug-likeness (QED) is 0.865. The molecular formula is C13H17ClN2OS. The van der Waals surface area contributed by atoms with Crippen LogP contribution >= 0.6 is 23.8 Å². The van der Waals surface area contributed by atoms with Gasteiger partial charge in [-0.05, 0) is 30.7 Å². The topological polar surface area (TPSA) is 46.3 Å². The van der Waals surface area contributed by atoms with Crippen molar-refractivity contribution in [3.8, 4) is 0 Å². The predicted octanol–water partition coefficient (Wildman–Crippen LogP) is 2.64. The third kappa shape index (κ3) is 3.68. The fourth-order valence-corrected chi connectivity index (χ4v) is 1.96. The van der Waals surface area contributed by atoms with Crippen molar-refractivity contribution in [3.63, 3.8) is 0 Å². The van der Waals surface area contributed by atoms with Gasteiger partial charge < -0.3 is 10.6 Å². The van der Waals surface area contributed by atoms with Crippen molar-refractivity contribution >= 4 is 34.7 Å². The first-order valence-corrected chi connectivity index (χ1v) is 6.42. The van der Waals surface area contributed by atoms with Gasteiger partial charge in [0.15, 0.2) is 0 Å². The number of benzene rings is 1. The molecule has 0 aliphatic rings. The molecule has 0 aromatic heterocycles. The minimum Gasteiger partial charge on any atom is -0.393 e. The smallest absolute Gasteiger partial charge is 0.253 e. The largest absolute Gasteiger partial charge is 0.393 e. The van der Waals surface area contributed by atoms with Crippen LogP contribution in [0, 0.1) is 12.8 Å². The molecule has 1 amide bonds. The maximum absolute atomic E-state index is 12.2. The summed E-state index contributed by atoms with van der Waals surface area (Å²) in [5, 5.41) is 0.628. The highest BCUT2D eigenvalue weighted by Crippen LogP contribution is 2.17. The molecule has 0 radical (unpaired) electrons. The van der Waals surface area contributed by atoms with Crippen molar-refractivity contribution in [1.29, 1.82) is 0 Å². The van der Waals surface area contributed by atoms with E-state index < -0.39 is 0 Å². The minimum absolute atomic E-state index is 0.00144. The van der Waals surface area contributed by atoms with E-state index in [1.165, 1.54) is 0 Å². The molecule has 0 bridgehead atoms. The summed E-state index contributed by atoms with van der Waals surface area (Å²) in [7, 11) is 1.74. The number of nitrogens with two attached hydrogens (primary N) is 1. The first kappa shape index (κ1) is 14.9. The Labute approximate surface area is 118 Å². The second-order valence-electron chi connectivity index (χ2n) is 4.45. The standard InChI is InChI=1S/C13H17ClN2OS/c1-8-6-10(14)4-5-11(8)13(17)16(3)7-9(2)12(15)18/h4-6,9H,7H2,1-3H3,(H2,15,18). The highest BCUT2D eigenvalue weighted by Gasteiger charge is 2.17. The van der Waals surface area contributed by atoms with Crippen LogP contribution in [0.25, 0.3) is 0 Å². The predicted molar refractivity (Wildman–Crippen MR) is 79.1 cm³/mol.